The minimum atomic E-state index is -1.79. The third-order valence-corrected chi connectivity index (χ3v) is 13.6. The van der Waals surface area contributed by atoms with E-state index in [2.05, 4.69) is 95.2 Å². The number of hydrogen-bond acceptors (Lipinski definition) is 0. The molecule has 0 aromatic heterocycles. The molecule has 0 spiro atoms. The topological polar surface area (TPSA) is 0 Å². The normalized spacial score (nSPS) is 10.4. The van der Waals surface area contributed by atoms with Gasteiger partial charge in [0, 0.05) is 67.3 Å². The molecule has 0 saturated heterocycles. The highest BCUT2D eigenvalue weighted by Crippen LogP contribution is 2.42. The molecule has 12 aromatic carbocycles. The van der Waals surface area contributed by atoms with Gasteiger partial charge in [-0.3, -0.25) is 0 Å². The maximum absolute atomic E-state index is 15.2. The lowest BCUT2D eigenvalue weighted by Gasteiger charge is -2.15. The van der Waals surface area contributed by atoms with E-state index in [1.54, 1.807) is 0 Å². The number of hydrogen-bond donors (Lipinski definition) is 0. The lowest BCUT2D eigenvalue weighted by Crippen LogP contribution is -1.99. The summed E-state index contributed by atoms with van der Waals surface area (Å²) in [5.74, 6) is 28.1. The zero-order valence-corrected chi connectivity index (χ0v) is 43.5. The first-order chi connectivity index (χ1) is 40.9. The predicted octanol–water partition coefficient (Wildman–Crippen LogP) is 16.6. The van der Waals surface area contributed by atoms with Crippen molar-refractivity contribution in [1.29, 1.82) is 0 Å². The summed E-state index contributed by atoms with van der Waals surface area (Å²) in [6, 6.07) is 56.8. The minimum absolute atomic E-state index is 0.00346. The molecule has 0 atom stereocenters. The fourth-order valence-electron chi connectivity index (χ4n) is 9.61. The monoisotopic (exact) mass is 1100 g/mol. The quantitative estimate of drug-likeness (QED) is 0.0467. The average Bonchev–Trinajstić information content (AvgIpc) is 0.978. The Morgan fingerprint density at radius 2 is 0.512 bits per heavy atom. The highest BCUT2D eigenvalue weighted by molar-refractivity contribution is 6.33. The molecule has 12 rings (SSSR count). The standard InChI is InChI=1S/C76H32F8/c77-67-44-54(42-58(73(67)81)33-34-59-43-55(45-68(78)74(59)82)30-37-66-75(83)69(79)46-70(80)76(66)84)29-32-57-36-39-65-62-16-6-14-60-56(35-38-64(71(60)62)63-17-7-15-61(57)72(63)65)31-28-53-13-5-12-52(41-53)27-24-49-20-18-48(19-21-49)23-26-51-11-4-10-50(40-51)25-22-47-8-2-1-3-9-47/h1-21,35-36,38-46H. The molecule has 0 nitrogen and oxygen atoms in total. The van der Waals surface area contributed by atoms with E-state index in [0.717, 1.165) is 106 Å². The first-order valence-corrected chi connectivity index (χ1v) is 25.8. The number of fused-ring (bicyclic) bond motifs is 2. The van der Waals surface area contributed by atoms with Crippen LogP contribution in [0.4, 0.5) is 35.1 Å². The summed E-state index contributed by atoms with van der Waals surface area (Å²) in [4.78, 5) is 0. The maximum Gasteiger partial charge on any atom is 0.177 e. The number of benzene rings is 12. The van der Waals surface area contributed by atoms with Crippen molar-refractivity contribution in [1.82, 2.24) is 0 Å². The molecule has 0 aliphatic heterocycles. The molecule has 0 aliphatic rings. The van der Waals surface area contributed by atoms with Gasteiger partial charge in [0.1, 0.15) is 5.56 Å². The van der Waals surface area contributed by atoms with Crippen molar-refractivity contribution in [2.75, 3.05) is 0 Å². The molecule has 0 amide bonds. The Bertz CT molecular complexity index is 5160. The van der Waals surface area contributed by atoms with E-state index in [0.29, 0.717) is 11.6 Å². The van der Waals surface area contributed by atoms with E-state index < -0.39 is 68.8 Å². The van der Waals surface area contributed by atoms with E-state index >= 15 is 8.78 Å². The van der Waals surface area contributed by atoms with Gasteiger partial charge in [0.15, 0.2) is 46.5 Å². The first kappa shape index (κ1) is 53.0. The Morgan fingerprint density at radius 3 is 0.964 bits per heavy atom. The Balaban J connectivity index is 0.784. The summed E-state index contributed by atoms with van der Waals surface area (Å²) >= 11 is 0. The molecule has 8 heteroatoms. The van der Waals surface area contributed by atoms with Gasteiger partial charge < -0.3 is 0 Å². The van der Waals surface area contributed by atoms with Crippen LogP contribution in [0.5, 0.6) is 0 Å². The van der Waals surface area contributed by atoms with Crippen LogP contribution in [0.3, 0.4) is 0 Å². The molecule has 0 bridgehead atoms. The van der Waals surface area contributed by atoms with Crippen LogP contribution in [0.25, 0.3) is 43.1 Å². The van der Waals surface area contributed by atoms with Crippen molar-refractivity contribution < 1.29 is 35.1 Å². The van der Waals surface area contributed by atoms with Crippen LogP contribution in [0.1, 0.15) is 77.9 Å². The fourth-order valence-corrected chi connectivity index (χ4v) is 9.61. The zero-order chi connectivity index (χ0) is 57.8. The van der Waals surface area contributed by atoms with Crippen LogP contribution in [-0.2, 0) is 0 Å². The van der Waals surface area contributed by atoms with E-state index in [4.69, 9.17) is 0 Å². The molecule has 0 heterocycles. The van der Waals surface area contributed by atoms with Crippen LogP contribution < -0.4 is 0 Å². The maximum atomic E-state index is 15.2. The van der Waals surface area contributed by atoms with Gasteiger partial charge in [0.25, 0.3) is 0 Å². The van der Waals surface area contributed by atoms with Crippen LogP contribution in [0.2, 0.25) is 0 Å². The summed E-state index contributed by atoms with van der Waals surface area (Å²) < 4.78 is 116. The SMILES string of the molecule is Fc1cc(C#Cc2c(F)c(F)cc(F)c2F)cc(C#Cc2cc(C#Cc3ccc4c5cccc6c(C#Cc7cccc(C#Cc8ccc(C#Cc9cccc(C#Cc%10ccccc%10)c9)cc8)c7)ccc(c7cccc3c74)c65)cc(F)c2F)c1F. The third kappa shape index (κ3) is 11.0. The Labute approximate surface area is 477 Å². The van der Waals surface area contributed by atoms with Crippen LogP contribution in [0.15, 0.2) is 194 Å². The Kier molecular flexibility index (Phi) is 14.4. The van der Waals surface area contributed by atoms with Crippen molar-refractivity contribution in [3.05, 3.63) is 319 Å². The second-order valence-corrected chi connectivity index (χ2v) is 19.1. The van der Waals surface area contributed by atoms with Crippen molar-refractivity contribution >= 4 is 43.1 Å². The van der Waals surface area contributed by atoms with E-state index in [9.17, 15) is 26.3 Å². The smallest absolute Gasteiger partial charge is 0.177 e. The van der Waals surface area contributed by atoms with Crippen LogP contribution >= 0.6 is 0 Å². The average molecular weight is 1100 g/mol. The predicted molar refractivity (Wildman–Crippen MR) is 314 cm³/mol. The van der Waals surface area contributed by atoms with Crippen molar-refractivity contribution in [2.24, 2.45) is 0 Å². The van der Waals surface area contributed by atoms with Gasteiger partial charge in [-0.1, -0.05) is 162 Å². The Morgan fingerprint density at radius 1 is 0.190 bits per heavy atom. The lowest BCUT2D eigenvalue weighted by molar-refractivity contribution is 0.450. The lowest BCUT2D eigenvalue weighted by atomic mass is 9.87. The molecular formula is C76H32F8. The third-order valence-electron chi connectivity index (χ3n) is 13.6. The van der Waals surface area contributed by atoms with Gasteiger partial charge in [-0.25, -0.2) is 35.1 Å². The van der Waals surface area contributed by atoms with Gasteiger partial charge in [0.05, 0.1) is 11.1 Å². The summed E-state index contributed by atoms with van der Waals surface area (Å²) in [7, 11) is 0. The van der Waals surface area contributed by atoms with Crippen LogP contribution in [-0.4, -0.2) is 0 Å². The van der Waals surface area contributed by atoms with Crippen molar-refractivity contribution in [2.45, 2.75) is 0 Å². The molecule has 0 aliphatic carbocycles. The first-order valence-electron chi connectivity index (χ1n) is 25.8. The van der Waals surface area contributed by atoms with Gasteiger partial charge in [-0.05, 0) is 152 Å². The van der Waals surface area contributed by atoms with Gasteiger partial charge in [-0.15, -0.1) is 0 Å². The second-order valence-electron chi connectivity index (χ2n) is 19.1. The highest BCUT2D eigenvalue weighted by Gasteiger charge is 2.19. The molecule has 0 N–H and O–H groups in total. The van der Waals surface area contributed by atoms with Crippen molar-refractivity contribution in [3.63, 3.8) is 0 Å². The van der Waals surface area contributed by atoms with Gasteiger partial charge in [0.2, 0.25) is 0 Å². The fraction of sp³-hybridized carbons (Fsp3) is 0. The summed E-state index contributed by atoms with van der Waals surface area (Å²) in [5.41, 5.74) is 4.65. The van der Waals surface area contributed by atoms with E-state index in [1.807, 2.05) is 152 Å². The molecular weight excluding hydrogens is 1060 g/mol. The molecule has 12 aromatic rings. The van der Waals surface area contributed by atoms with Gasteiger partial charge in [-0.2, -0.15) is 0 Å². The second kappa shape index (κ2) is 22.8. The molecule has 0 fully saturated rings. The molecule has 0 radical (unpaired) electrons. The number of halogens is 8. The van der Waals surface area contributed by atoms with Crippen molar-refractivity contribution in [3.8, 4) is 82.9 Å². The van der Waals surface area contributed by atoms with Gasteiger partial charge >= 0.3 is 0 Å². The summed E-state index contributed by atoms with van der Waals surface area (Å²) in [6.07, 6.45) is 0. The van der Waals surface area contributed by atoms with Crippen LogP contribution in [0, 0.1) is 129 Å². The molecule has 392 valence electrons. The summed E-state index contributed by atoms with van der Waals surface area (Å²) in [6.45, 7) is 0. The van der Waals surface area contributed by atoms with E-state index in [1.165, 1.54) is 0 Å². The number of rotatable bonds is 0. The molecule has 84 heavy (non-hydrogen) atoms. The summed E-state index contributed by atoms with van der Waals surface area (Å²) in [5, 5.41) is 7.74. The Hall–Kier alpha value is -11.7. The molecule has 0 unspecified atom stereocenters. The largest absolute Gasteiger partial charge is 0.204 e. The zero-order valence-electron chi connectivity index (χ0n) is 43.5. The highest BCUT2D eigenvalue weighted by atomic mass is 19.2. The molecule has 0 saturated carbocycles. The minimum Gasteiger partial charge on any atom is -0.204 e. The van der Waals surface area contributed by atoms with E-state index in [-0.39, 0.29) is 11.6 Å².